The number of likely N-dealkylation sites (tertiary alicyclic amines) is 1. The second-order valence-electron chi connectivity index (χ2n) is 14.0. The number of aliphatic imine (C=N–C) groups is 1. The largest absolute Gasteiger partial charge is 0.448 e. The number of benzene rings is 1. The molecule has 2 amide bonds. The monoisotopic (exact) mass is 696 g/mol. The number of piperidine rings is 1. The third kappa shape index (κ3) is 11.3. The Morgan fingerprint density at radius 1 is 1.04 bits per heavy atom. The van der Waals surface area contributed by atoms with Crippen LogP contribution in [-0.4, -0.2) is 153 Å². The van der Waals surface area contributed by atoms with Gasteiger partial charge in [-0.3, -0.25) is 15.0 Å². The van der Waals surface area contributed by atoms with Crippen LogP contribution in [0, 0.1) is 17.2 Å². The molecule has 1 aliphatic carbocycles. The second kappa shape index (κ2) is 18.9. The number of guanidine groups is 1. The molecule has 0 bridgehead atoms. The highest BCUT2D eigenvalue weighted by molar-refractivity contribution is 7.99. The van der Waals surface area contributed by atoms with Gasteiger partial charge in [0.2, 0.25) is 11.9 Å². The maximum Gasteiger partial charge on any atom is 0.414 e. The average molecular weight is 697 g/mol. The lowest BCUT2D eigenvalue weighted by atomic mass is 9.92. The summed E-state index contributed by atoms with van der Waals surface area (Å²) in [4.78, 5) is 41.3. The molecule has 0 spiro atoms. The summed E-state index contributed by atoms with van der Waals surface area (Å²) in [5.74, 6) is 2.44. The van der Waals surface area contributed by atoms with Crippen LogP contribution in [0.1, 0.15) is 44.1 Å². The lowest BCUT2D eigenvalue weighted by molar-refractivity contribution is -0.123. The van der Waals surface area contributed by atoms with Crippen molar-refractivity contribution in [2.24, 2.45) is 10.9 Å². The fourth-order valence-corrected chi connectivity index (χ4v) is 8.52. The molecule has 0 radical (unpaired) electrons. The number of carbonyl (C=O) groups is 2. The van der Waals surface area contributed by atoms with Crippen molar-refractivity contribution in [3.8, 4) is 6.07 Å². The van der Waals surface area contributed by atoms with Crippen LogP contribution in [0.2, 0.25) is 0 Å². The lowest BCUT2D eigenvalue weighted by Gasteiger charge is -2.32. The molecule has 5 rings (SSSR count). The van der Waals surface area contributed by atoms with Gasteiger partial charge < -0.3 is 29.5 Å². The van der Waals surface area contributed by atoms with Crippen molar-refractivity contribution < 1.29 is 19.1 Å². The zero-order valence-corrected chi connectivity index (χ0v) is 30.3. The predicted octanol–water partition coefficient (Wildman–Crippen LogP) is 2.66. The first-order chi connectivity index (χ1) is 23.8. The minimum Gasteiger partial charge on any atom is -0.448 e. The van der Waals surface area contributed by atoms with E-state index in [9.17, 15) is 14.9 Å². The summed E-state index contributed by atoms with van der Waals surface area (Å²) in [6, 6.07) is 12.2. The first-order valence-corrected chi connectivity index (χ1v) is 19.3. The Kier molecular flexibility index (Phi) is 14.4. The van der Waals surface area contributed by atoms with E-state index in [1.807, 2.05) is 34.9 Å². The number of amides is 2. The molecular weight excluding hydrogens is 641 g/mol. The fraction of sp³-hybridized carbons (Fsp3) is 0.722. The molecule has 3 heterocycles. The molecule has 0 aromatic heterocycles. The molecule has 4 unspecified atom stereocenters. The van der Waals surface area contributed by atoms with Gasteiger partial charge in [0.05, 0.1) is 19.3 Å². The summed E-state index contributed by atoms with van der Waals surface area (Å²) < 4.78 is 11.2. The third-order valence-corrected chi connectivity index (χ3v) is 11.3. The molecule has 3 aliphatic heterocycles. The van der Waals surface area contributed by atoms with Gasteiger partial charge in [0.15, 0.2) is 0 Å². The van der Waals surface area contributed by atoms with Crippen LogP contribution >= 0.6 is 11.8 Å². The molecule has 3 saturated heterocycles. The number of morpholine rings is 1. The highest BCUT2D eigenvalue weighted by Crippen LogP contribution is 2.39. The Bertz CT molecular complexity index is 1260. The SMILES string of the molecule is CN(C)C1CC(C#N)(NC(=O)C(CCN2CCCCC2)N=C(NC(=O)OCCN2CCSCC2)N2CCOCC2)CC1Cc1ccccc1. The van der Waals surface area contributed by atoms with Gasteiger partial charge in [-0.05, 0) is 77.2 Å². The topological polar surface area (TPSA) is 126 Å². The second-order valence-corrected chi connectivity index (χ2v) is 15.3. The van der Waals surface area contributed by atoms with Crippen LogP contribution < -0.4 is 10.6 Å². The molecule has 4 aliphatic rings. The number of rotatable bonds is 12. The number of hydrogen-bond acceptors (Lipinski definition) is 10. The lowest BCUT2D eigenvalue weighted by Crippen LogP contribution is -2.53. The third-order valence-electron chi connectivity index (χ3n) is 10.3. The minimum absolute atomic E-state index is 0.138. The molecule has 1 aromatic rings. The molecule has 12 nitrogen and oxygen atoms in total. The standard InChI is InChI=1S/C36H56N8O4S/c1-41(2)32-27-36(28-37,26-30(32)25-29-9-5-3-6-10-29)40-33(45)31(11-14-42-12-7-4-8-13-42)38-34(44-16-20-47-21-17-44)39-35(46)48-22-15-43-18-23-49-24-19-43/h3,5-6,9-10,30-32H,4,7-8,11-27H2,1-2H3,(H,40,45)(H,38,39,46). The summed E-state index contributed by atoms with van der Waals surface area (Å²) >= 11 is 1.95. The Morgan fingerprint density at radius 2 is 1.76 bits per heavy atom. The molecule has 13 heteroatoms. The van der Waals surface area contributed by atoms with Crippen molar-refractivity contribution in [3.63, 3.8) is 0 Å². The van der Waals surface area contributed by atoms with Crippen molar-refractivity contribution in [2.45, 2.75) is 62.6 Å². The van der Waals surface area contributed by atoms with E-state index in [0.717, 1.165) is 56.9 Å². The Morgan fingerprint density at radius 3 is 2.45 bits per heavy atom. The van der Waals surface area contributed by atoms with E-state index in [1.165, 1.54) is 12.0 Å². The van der Waals surface area contributed by atoms with Crippen LogP contribution in [-0.2, 0) is 20.7 Å². The molecule has 1 saturated carbocycles. The summed E-state index contributed by atoms with van der Waals surface area (Å²) in [6.07, 6.45) is 5.37. The maximum absolute atomic E-state index is 14.3. The van der Waals surface area contributed by atoms with E-state index in [0.29, 0.717) is 64.6 Å². The quantitative estimate of drug-likeness (QED) is 0.249. The number of ether oxygens (including phenoxy) is 2. The van der Waals surface area contributed by atoms with Crippen LogP contribution in [0.15, 0.2) is 35.3 Å². The minimum atomic E-state index is -1.01. The van der Waals surface area contributed by atoms with Gasteiger partial charge in [0.25, 0.3) is 0 Å². The van der Waals surface area contributed by atoms with Gasteiger partial charge in [0.1, 0.15) is 18.2 Å². The number of nitrogens with one attached hydrogen (secondary N) is 2. The van der Waals surface area contributed by atoms with E-state index in [1.54, 1.807) is 0 Å². The molecule has 4 atom stereocenters. The molecular formula is C36H56N8O4S. The fourth-order valence-electron chi connectivity index (χ4n) is 7.54. The Balaban J connectivity index is 1.33. The van der Waals surface area contributed by atoms with Crippen LogP contribution in [0.4, 0.5) is 4.79 Å². The van der Waals surface area contributed by atoms with E-state index >= 15 is 0 Å². The van der Waals surface area contributed by atoms with Gasteiger partial charge in [-0.1, -0.05) is 36.8 Å². The smallest absolute Gasteiger partial charge is 0.414 e. The number of carbonyl (C=O) groups excluding carboxylic acids is 2. The van der Waals surface area contributed by atoms with Crippen molar-refractivity contribution in [2.75, 3.05) is 97.8 Å². The zero-order chi connectivity index (χ0) is 34.5. The van der Waals surface area contributed by atoms with Crippen molar-refractivity contribution >= 4 is 29.7 Å². The summed E-state index contributed by atoms with van der Waals surface area (Å²) in [7, 11) is 4.10. The van der Waals surface area contributed by atoms with E-state index in [-0.39, 0.29) is 24.5 Å². The van der Waals surface area contributed by atoms with Gasteiger partial charge >= 0.3 is 6.09 Å². The van der Waals surface area contributed by atoms with E-state index < -0.39 is 17.7 Å². The number of alkyl carbamates (subject to hydrolysis) is 1. The van der Waals surface area contributed by atoms with Gasteiger partial charge in [0, 0.05) is 56.8 Å². The van der Waals surface area contributed by atoms with Crippen LogP contribution in [0.5, 0.6) is 0 Å². The molecule has 1 aromatic carbocycles. The first kappa shape index (κ1) is 37.4. The van der Waals surface area contributed by atoms with Gasteiger partial charge in [-0.15, -0.1) is 0 Å². The number of nitrogens with zero attached hydrogens (tertiary/aromatic N) is 6. The van der Waals surface area contributed by atoms with Crippen LogP contribution in [0.25, 0.3) is 0 Å². The number of thioether (sulfide) groups is 1. The van der Waals surface area contributed by atoms with Gasteiger partial charge in [-0.25, -0.2) is 9.79 Å². The van der Waals surface area contributed by atoms with E-state index in [4.69, 9.17) is 14.5 Å². The molecule has 49 heavy (non-hydrogen) atoms. The summed E-state index contributed by atoms with van der Waals surface area (Å²) in [6.45, 7) is 7.77. The molecule has 270 valence electrons. The summed E-state index contributed by atoms with van der Waals surface area (Å²) in [5.41, 5.74) is 0.217. The van der Waals surface area contributed by atoms with E-state index in [2.05, 4.69) is 57.6 Å². The maximum atomic E-state index is 14.3. The van der Waals surface area contributed by atoms with Gasteiger partial charge in [-0.2, -0.15) is 17.0 Å². The Hall–Kier alpha value is -2.89. The number of nitriles is 1. The van der Waals surface area contributed by atoms with Crippen molar-refractivity contribution in [1.29, 1.82) is 5.26 Å². The van der Waals surface area contributed by atoms with Crippen LogP contribution in [0.3, 0.4) is 0 Å². The highest BCUT2D eigenvalue weighted by atomic mass is 32.2. The average Bonchev–Trinajstić information content (AvgIpc) is 3.49. The Labute approximate surface area is 296 Å². The van der Waals surface area contributed by atoms with Crippen molar-refractivity contribution in [1.82, 2.24) is 30.2 Å². The summed E-state index contributed by atoms with van der Waals surface area (Å²) in [5, 5.41) is 16.7. The number of hydrogen-bond donors (Lipinski definition) is 2. The zero-order valence-electron chi connectivity index (χ0n) is 29.5. The predicted molar refractivity (Wildman–Crippen MR) is 194 cm³/mol. The molecule has 2 N–H and O–H groups in total. The normalized spacial score (nSPS) is 26.2. The molecule has 4 fully saturated rings. The highest BCUT2D eigenvalue weighted by Gasteiger charge is 2.48. The first-order valence-electron chi connectivity index (χ1n) is 18.1. The van der Waals surface area contributed by atoms with Crippen molar-refractivity contribution in [3.05, 3.63) is 35.9 Å².